The molecule has 4 rings (SSSR count). The quantitative estimate of drug-likeness (QED) is 0.569. The van der Waals surface area contributed by atoms with Gasteiger partial charge in [-0.1, -0.05) is 42.5 Å². The van der Waals surface area contributed by atoms with Crippen molar-refractivity contribution in [2.24, 2.45) is 0 Å². The van der Waals surface area contributed by atoms with E-state index in [1.54, 1.807) is 16.9 Å². The molecule has 1 saturated heterocycles. The predicted molar refractivity (Wildman–Crippen MR) is 131 cm³/mol. The van der Waals surface area contributed by atoms with Gasteiger partial charge >= 0.3 is 6.03 Å². The number of carbonyl (C=O) groups is 2. The summed E-state index contributed by atoms with van der Waals surface area (Å²) < 4.78 is 11.0. The first-order chi connectivity index (χ1) is 16.6. The van der Waals surface area contributed by atoms with Crippen LogP contribution in [0.2, 0.25) is 0 Å². The fourth-order valence-electron chi connectivity index (χ4n) is 3.83. The van der Waals surface area contributed by atoms with Gasteiger partial charge in [0.05, 0.1) is 20.3 Å². The highest BCUT2D eigenvalue weighted by atomic mass is 16.5. The van der Waals surface area contributed by atoms with Crippen molar-refractivity contribution in [2.45, 2.75) is 13.2 Å². The second-order valence-corrected chi connectivity index (χ2v) is 8.12. The Bertz CT molecular complexity index is 1090. The fourth-order valence-corrected chi connectivity index (χ4v) is 3.83. The van der Waals surface area contributed by atoms with E-state index < -0.39 is 0 Å². The molecule has 176 valence electrons. The minimum absolute atomic E-state index is 0.00278. The van der Waals surface area contributed by atoms with Crippen molar-refractivity contribution < 1.29 is 19.1 Å². The number of hydrogen-bond donors (Lipinski definition) is 1. The van der Waals surface area contributed by atoms with Crippen LogP contribution in [0.5, 0.6) is 5.75 Å². The van der Waals surface area contributed by atoms with Gasteiger partial charge in [-0.25, -0.2) is 4.79 Å². The van der Waals surface area contributed by atoms with Crippen molar-refractivity contribution in [2.75, 3.05) is 38.6 Å². The summed E-state index contributed by atoms with van der Waals surface area (Å²) in [5.41, 5.74) is 3.43. The highest BCUT2D eigenvalue weighted by Crippen LogP contribution is 2.16. The Morgan fingerprint density at radius 3 is 2.18 bits per heavy atom. The molecule has 0 bridgehead atoms. The van der Waals surface area contributed by atoms with Crippen LogP contribution in [0.15, 0.2) is 78.9 Å². The normalized spacial score (nSPS) is 13.4. The molecule has 3 aromatic rings. The minimum Gasteiger partial charge on any atom is -0.497 e. The van der Waals surface area contributed by atoms with E-state index in [4.69, 9.17) is 9.47 Å². The van der Waals surface area contributed by atoms with Crippen molar-refractivity contribution in [1.82, 2.24) is 9.80 Å². The second-order valence-electron chi connectivity index (χ2n) is 8.12. The second kappa shape index (κ2) is 11.3. The van der Waals surface area contributed by atoms with E-state index in [0.29, 0.717) is 45.0 Å². The predicted octanol–water partition coefficient (Wildman–Crippen LogP) is 4.40. The van der Waals surface area contributed by atoms with Crippen LogP contribution >= 0.6 is 0 Å². The Hall–Kier alpha value is -3.84. The number of carbonyl (C=O) groups excluding carboxylic acids is 2. The van der Waals surface area contributed by atoms with E-state index in [1.807, 2.05) is 78.9 Å². The monoisotopic (exact) mass is 459 g/mol. The van der Waals surface area contributed by atoms with E-state index in [0.717, 1.165) is 22.6 Å². The van der Waals surface area contributed by atoms with Crippen LogP contribution in [0, 0.1) is 0 Å². The molecule has 0 unspecified atom stereocenters. The van der Waals surface area contributed by atoms with Gasteiger partial charge in [-0.15, -0.1) is 0 Å². The Kier molecular flexibility index (Phi) is 7.78. The van der Waals surface area contributed by atoms with Crippen molar-refractivity contribution in [3.8, 4) is 5.75 Å². The average molecular weight is 460 g/mol. The molecule has 0 radical (unpaired) electrons. The number of hydrogen-bond acceptors (Lipinski definition) is 4. The molecule has 3 aromatic carbocycles. The number of nitrogens with zero attached hydrogens (tertiary/aromatic N) is 2. The highest BCUT2D eigenvalue weighted by Gasteiger charge is 2.24. The van der Waals surface area contributed by atoms with E-state index in [-0.39, 0.29) is 11.9 Å². The van der Waals surface area contributed by atoms with E-state index in [2.05, 4.69) is 5.32 Å². The van der Waals surface area contributed by atoms with Gasteiger partial charge < -0.3 is 24.6 Å². The zero-order valence-electron chi connectivity index (χ0n) is 19.3. The van der Waals surface area contributed by atoms with Gasteiger partial charge in [0.25, 0.3) is 5.91 Å². The first-order valence-corrected chi connectivity index (χ1v) is 11.3. The minimum atomic E-state index is -0.164. The van der Waals surface area contributed by atoms with Gasteiger partial charge in [-0.3, -0.25) is 4.79 Å². The Morgan fingerprint density at radius 2 is 1.47 bits per heavy atom. The summed E-state index contributed by atoms with van der Waals surface area (Å²) in [5.74, 6) is 0.819. The van der Waals surface area contributed by atoms with E-state index in [9.17, 15) is 9.59 Å². The van der Waals surface area contributed by atoms with Crippen LogP contribution < -0.4 is 10.1 Å². The summed E-state index contributed by atoms with van der Waals surface area (Å²) in [6.07, 6.45) is 0. The smallest absolute Gasteiger partial charge is 0.321 e. The topological polar surface area (TPSA) is 71.1 Å². The van der Waals surface area contributed by atoms with Crippen molar-refractivity contribution in [3.63, 3.8) is 0 Å². The molecule has 0 saturated carbocycles. The lowest BCUT2D eigenvalue weighted by atomic mass is 10.2. The number of urea groups is 1. The maximum Gasteiger partial charge on any atom is 0.321 e. The van der Waals surface area contributed by atoms with Gasteiger partial charge in [-0.05, 0) is 47.5 Å². The number of anilines is 1. The Labute approximate surface area is 199 Å². The first-order valence-electron chi connectivity index (χ1n) is 11.3. The number of amides is 3. The third-order valence-electron chi connectivity index (χ3n) is 5.75. The third kappa shape index (κ3) is 6.14. The summed E-state index contributed by atoms with van der Waals surface area (Å²) in [6.45, 7) is 2.95. The summed E-state index contributed by atoms with van der Waals surface area (Å²) in [6, 6.07) is 24.5. The number of nitrogens with one attached hydrogen (secondary N) is 1. The largest absolute Gasteiger partial charge is 0.497 e. The van der Waals surface area contributed by atoms with Crippen LogP contribution in [-0.2, 0) is 18.0 Å². The number of methoxy groups -OCH3 is 1. The maximum atomic E-state index is 12.7. The van der Waals surface area contributed by atoms with Crippen molar-refractivity contribution in [3.05, 3.63) is 95.6 Å². The molecule has 3 amide bonds. The van der Waals surface area contributed by atoms with Crippen LogP contribution in [0.1, 0.15) is 21.5 Å². The molecule has 1 heterocycles. The standard InChI is InChI=1S/C27H29N3O4/c1-33-25-12-10-21(11-13-25)19-34-20-22-6-5-9-24(18-22)28-27(32)30-16-14-29(15-17-30)26(31)23-7-3-2-4-8-23/h2-13,18H,14-17,19-20H2,1H3,(H,28,32). The van der Waals surface area contributed by atoms with Crippen LogP contribution in [0.4, 0.5) is 10.5 Å². The lowest BCUT2D eigenvalue weighted by molar-refractivity contribution is 0.0671. The molecular weight excluding hydrogens is 430 g/mol. The molecule has 1 N–H and O–H groups in total. The average Bonchev–Trinajstić information content (AvgIpc) is 2.89. The maximum absolute atomic E-state index is 12.7. The lowest BCUT2D eigenvalue weighted by Crippen LogP contribution is -2.51. The lowest BCUT2D eigenvalue weighted by Gasteiger charge is -2.34. The number of benzene rings is 3. The molecule has 7 heteroatoms. The first kappa shape index (κ1) is 23.3. The fraction of sp³-hybridized carbons (Fsp3) is 0.259. The summed E-state index contributed by atoms with van der Waals surface area (Å²) in [5, 5.41) is 2.96. The van der Waals surface area contributed by atoms with Crippen LogP contribution in [-0.4, -0.2) is 55.0 Å². The van der Waals surface area contributed by atoms with Gasteiger partial charge in [0.1, 0.15) is 5.75 Å². The molecule has 1 aliphatic rings. The van der Waals surface area contributed by atoms with Crippen LogP contribution in [0.25, 0.3) is 0 Å². The zero-order chi connectivity index (χ0) is 23.8. The Balaban J connectivity index is 1.24. The Morgan fingerprint density at radius 1 is 0.794 bits per heavy atom. The summed E-state index contributed by atoms with van der Waals surface area (Å²) in [7, 11) is 1.64. The third-order valence-corrected chi connectivity index (χ3v) is 5.75. The van der Waals surface area contributed by atoms with Crippen molar-refractivity contribution in [1.29, 1.82) is 0 Å². The summed E-state index contributed by atoms with van der Waals surface area (Å²) >= 11 is 0. The van der Waals surface area contributed by atoms with Gasteiger partial charge in [0.2, 0.25) is 0 Å². The molecule has 0 aromatic heterocycles. The highest BCUT2D eigenvalue weighted by molar-refractivity contribution is 5.94. The van der Waals surface area contributed by atoms with Gasteiger partial charge in [0.15, 0.2) is 0 Å². The molecule has 7 nitrogen and oxygen atoms in total. The van der Waals surface area contributed by atoms with E-state index in [1.165, 1.54) is 0 Å². The van der Waals surface area contributed by atoms with Crippen molar-refractivity contribution >= 4 is 17.6 Å². The molecule has 1 fully saturated rings. The number of rotatable bonds is 7. The number of ether oxygens (including phenoxy) is 2. The van der Waals surface area contributed by atoms with Gasteiger partial charge in [-0.2, -0.15) is 0 Å². The number of piperazine rings is 1. The van der Waals surface area contributed by atoms with Crippen LogP contribution in [0.3, 0.4) is 0 Å². The van der Waals surface area contributed by atoms with Gasteiger partial charge in [0, 0.05) is 37.4 Å². The molecule has 1 aliphatic heterocycles. The molecule has 0 atom stereocenters. The zero-order valence-corrected chi connectivity index (χ0v) is 19.3. The molecule has 0 aliphatic carbocycles. The van der Waals surface area contributed by atoms with E-state index >= 15 is 0 Å². The molecule has 34 heavy (non-hydrogen) atoms. The SMILES string of the molecule is COc1ccc(COCc2cccc(NC(=O)N3CCN(C(=O)c4ccccc4)CC3)c2)cc1. The summed E-state index contributed by atoms with van der Waals surface area (Å²) in [4.78, 5) is 28.9. The molecule has 0 spiro atoms. The molecular formula is C27H29N3O4.